The molecule has 0 saturated heterocycles. The zero-order chi connectivity index (χ0) is 14.4. The zero-order valence-electron chi connectivity index (χ0n) is 10.8. The van der Waals surface area contributed by atoms with Gasteiger partial charge in [0.15, 0.2) is 0 Å². The first-order chi connectivity index (χ1) is 9.69. The summed E-state index contributed by atoms with van der Waals surface area (Å²) in [5, 5.41) is 13.0. The number of imidazole rings is 1. The number of rotatable bonds is 7. The van der Waals surface area contributed by atoms with Crippen molar-refractivity contribution in [1.82, 2.24) is 14.5 Å². The average molecular weight is 360 g/mol. The lowest BCUT2D eigenvalue weighted by Gasteiger charge is -2.17. The summed E-state index contributed by atoms with van der Waals surface area (Å²) < 4.78 is 2.78. The molecule has 0 fully saturated rings. The fraction of sp³-hybridized carbons (Fsp3) is 0.385. The Bertz CT molecular complexity index is 535. The fourth-order valence-corrected chi connectivity index (χ4v) is 2.26. The maximum Gasteiger partial charge on any atom is 0.127 e. The number of aliphatic hydroxyl groups is 1. The summed E-state index contributed by atoms with van der Waals surface area (Å²) >= 11 is 9.33. The molecule has 2 rings (SSSR count). The molecule has 0 aliphatic carbocycles. The summed E-state index contributed by atoms with van der Waals surface area (Å²) in [7, 11) is 0. The van der Waals surface area contributed by atoms with Gasteiger partial charge in [-0.05, 0) is 28.3 Å². The van der Waals surface area contributed by atoms with Crippen LogP contribution in [0.2, 0.25) is 5.02 Å². The van der Waals surface area contributed by atoms with Crippen LogP contribution in [0.5, 0.6) is 0 Å². The van der Waals surface area contributed by atoms with E-state index in [1.54, 1.807) is 24.8 Å². The fourth-order valence-electron chi connectivity index (χ4n) is 1.89. The molecule has 7 heteroatoms. The Labute approximate surface area is 131 Å². The molecule has 0 amide bonds. The molecule has 0 aliphatic rings. The van der Waals surface area contributed by atoms with E-state index < -0.39 is 0 Å². The third kappa shape index (κ3) is 4.47. The molecular formula is C13H16BrClN4O. The van der Waals surface area contributed by atoms with E-state index in [0.717, 1.165) is 23.3 Å². The number of aliphatic hydroxyl groups excluding tert-OH is 1. The average Bonchev–Trinajstić information content (AvgIpc) is 2.93. The van der Waals surface area contributed by atoms with Crippen LogP contribution in [0.25, 0.3) is 0 Å². The Balaban J connectivity index is 1.92. The molecule has 2 aromatic rings. The first-order valence-electron chi connectivity index (χ1n) is 6.30. The first kappa shape index (κ1) is 15.3. The highest BCUT2D eigenvalue weighted by molar-refractivity contribution is 9.10. The molecule has 108 valence electrons. The summed E-state index contributed by atoms with van der Waals surface area (Å²) in [6.45, 7) is 1.68. The number of anilines is 1. The minimum Gasteiger partial charge on any atom is -0.396 e. The molecule has 1 unspecified atom stereocenters. The Morgan fingerprint density at radius 1 is 1.50 bits per heavy atom. The van der Waals surface area contributed by atoms with Gasteiger partial charge in [-0.3, -0.25) is 0 Å². The predicted octanol–water partition coefficient (Wildman–Crippen LogP) is 2.80. The number of pyridine rings is 1. The van der Waals surface area contributed by atoms with Gasteiger partial charge in [-0.25, -0.2) is 9.97 Å². The van der Waals surface area contributed by atoms with Crippen molar-refractivity contribution in [3.05, 3.63) is 40.5 Å². The number of hydrogen-bond acceptors (Lipinski definition) is 4. The monoisotopic (exact) mass is 358 g/mol. The van der Waals surface area contributed by atoms with Gasteiger partial charge in [0.05, 0.1) is 15.8 Å². The lowest BCUT2D eigenvalue weighted by Crippen LogP contribution is -2.21. The molecule has 1 atom stereocenters. The Morgan fingerprint density at radius 3 is 3.00 bits per heavy atom. The van der Waals surface area contributed by atoms with Gasteiger partial charge in [-0.1, -0.05) is 11.6 Å². The van der Waals surface area contributed by atoms with E-state index >= 15 is 0 Å². The van der Waals surface area contributed by atoms with E-state index in [9.17, 15) is 0 Å². The van der Waals surface area contributed by atoms with Crippen molar-refractivity contribution in [2.45, 2.75) is 13.0 Å². The number of aromatic nitrogens is 3. The molecule has 0 aliphatic heterocycles. The second-order valence-corrected chi connectivity index (χ2v) is 5.76. The topological polar surface area (TPSA) is 63.0 Å². The zero-order valence-corrected chi connectivity index (χ0v) is 13.2. The van der Waals surface area contributed by atoms with Crippen molar-refractivity contribution in [3.63, 3.8) is 0 Å². The molecule has 0 spiro atoms. The Morgan fingerprint density at radius 2 is 2.35 bits per heavy atom. The first-order valence-corrected chi connectivity index (χ1v) is 7.47. The van der Waals surface area contributed by atoms with Crippen LogP contribution in [0.15, 0.2) is 35.5 Å². The lowest BCUT2D eigenvalue weighted by molar-refractivity contribution is 0.251. The van der Waals surface area contributed by atoms with Crippen molar-refractivity contribution in [2.75, 3.05) is 18.5 Å². The van der Waals surface area contributed by atoms with Crippen molar-refractivity contribution in [1.29, 1.82) is 0 Å². The van der Waals surface area contributed by atoms with Crippen LogP contribution in [-0.4, -0.2) is 32.8 Å². The molecule has 0 bridgehead atoms. The summed E-state index contributed by atoms with van der Waals surface area (Å²) in [5.41, 5.74) is 0. The SMILES string of the molecule is OCCC(CNc1cc(Cl)c(Br)cn1)Cn1ccnc1. The van der Waals surface area contributed by atoms with E-state index in [1.807, 2.05) is 10.8 Å². The van der Waals surface area contributed by atoms with Gasteiger partial charge >= 0.3 is 0 Å². The number of hydrogen-bond donors (Lipinski definition) is 2. The predicted molar refractivity (Wildman–Crippen MR) is 82.9 cm³/mol. The van der Waals surface area contributed by atoms with Crippen molar-refractivity contribution < 1.29 is 5.11 Å². The second-order valence-electron chi connectivity index (χ2n) is 4.50. The van der Waals surface area contributed by atoms with E-state index in [4.69, 9.17) is 16.7 Å². The van der Waals surface area contributed by atoms with Crippen molar-refractivity contribution in [2.24, 2.45) is 5.92 Å². The maximum atomic E-state index is 9.15. The smallest absolute Gasteiger partial charge is 0.127 e. The van der Waals surface area contributed by atoms with E-state index in [1.165, 1.54) is 0 Å². The highest BCUT2D eigenvalue weighted by atomic mass is 79.9. The molecular weight excluding hydrogens is 344 g/mol. The minimum absolute atomic E-state index is 0.162. The van der Waals surface area contributed by atoms with Crippen LogP contribution in [0.1, 0.15) is 6.42 Å². The molecule has 20 heavy (non-hydrogen) atoms. The van der Waals surface area contributed by atoms with Crippen LogP contribution in [0.3, 0.4) is 0 Å². The molecule has 5 nitrogen and oxygen atoms in total. The van der Waals surface area contributed by atoms with Gasteiger partial charge in [0, 0.05) is 44.4 Å². The molecule has 2 aromatic heterocycles. The van der Waals surface area contributed by atoms with Crippen LogP contribution in [0.4, 0.5) is 5.82 Å². The van der Waals surface area contributed by atoms with Gasteiger partial charge in [0.1, 0.15) is 5.82 Å². The highest BCUT2D eigenvalue weighted by Crippen LogP contribution is 2.23. The van der Waals surface area contributed by atoms with Gasteiger partial charge in [0.25, 0.3) is 0 Å². The van der Waals surface area contributed by atoms with Gasteiger partial charge in [-0.15, -0.1) is 0 Å². The molecule has 0 radical (unpaired) electrons. The van der Waals surface area contributed by atoms with Gasteiger partial charge < -0.3 is 15.0 Å². The van der Waals surface area contributed by atoms with Crippen molar-refractivity contribution in [3.8, 4) is 0 Å². The minimum atomic E-state index is 0.162. The third-order valence-corrected chi connectivity index (χ3v) is 4.12. The van der Waals surface area contributed by atoms with Crippen LogP contribution >= 0.6 is 27.5 Å². The molecule has 2 heterocycles. The number of nitrogens with one attached hydrogen (secondary N) is 1. The Kier molecular flexibility index (Phi) is 5.82. The molecule has 0 aromatic carbocycles. The van der Waals surface area contributed by atoms with E-state index in [-0.39, 0.29) is 6.61 Å². The summed E-state index contributed by atoms with van der Waals surface area (Å²) in [4.78, 5) is 8.26. The van der Waals surface area contributed by atoms with Crippen LogP contribution in [0, 0.1) is 5.92 Å². The summed E-state index contributed by atoms with van der Waals surface area (Å²) in [5.74, 6) is 1.02. The standard InChI is InChI=1S/C13H16BrClN4O/c14-11-7-18-13(5-12(11)15)17-6-10(1-4-20)8-19-3-2-16-9-19/h2-3,5,7,9-10,20H,1,4,6,8H2,(H,17,18). The summed E-state index contributed by atoms with van der Waals surface area (Å²) in [6.07, 6.45) is 7.83. The highest BCUT2D eigenvalue weighted by Gasteiger charge is 2.10. The quantitative estimate of drug-likeness (QED) is 0.798. The largest absolute Gasteiger partial charge is 0.396 e. The van der Waals surface area contributed by atoms with Crippen LogP contribution < -0.4 is 5.32 Å². The second kappa shape index (κ2) is 7.61. The van der Waals surface area contributed by atoms with Gasteiger partial charge in [0.2, 0.25) is 0 Å². The Hall–Kier alpha value is -1.11. The van der Waals surface area contributed by atoms with Crippen LogP contribution in [-0.2, 0) is 6.54 Å². The van der Waals surface area contributed by atoms with E-state index in [0.29, 0.717) is 17.5 Å². The number of nitrogens with zero attached hydrogens (tertiary/aromatic N) is 3. The number of halogens is 2. The van der Waals surface area contributed by atoms with E-state index in [2.05, 4.69) is 31.2 Å². The summed E-state index contributed by atoms with van der Waals surface area (Å²) in [6, 6.07) is 1.78. The molecule has 0 saturated carbocycles. The lowest BCUT2D eigenvalue weighted by atomic mass is 10.1. The normalized spacial score (nSPS) is 12.3. The van der Waals surface area contributed by atoms with Crippen molar-refractivity contribution >= 4 is 33.3 Å². The van der Waals surface area contributed by atoms with Gasteiger partial charge in [-0.2, -0.15) is 0 Å². The molecule has 2 N–H and O–H groups in total. The maximum absolute atomic E-state index is 9.15. The third-order valence-electron chi connectivity index (χ3n) is 2.95.